The maximum atomic E-state index is 6.24. The van der Waals surface area contributed by atoms with Gasteiger partial charge in [-0.3, -0.25) is 4.90 Å². The molecule has 0 amide bonds. The van der Waals surface area contributed by atoms with Crippen molar-refractivity contribution in [2.45, 2.75) is 51.6 Å². The Morgan fingerprint density at radius 3 is 2.41 bits per heavy atom. The van der Waals surface area contributed by atoms with Crippen LogP contribution in [-0.2, 0) is 12.8 Å². The summed E-state index contributed by atoms with van der Waals surface area (Å²) in [6.45, 7) is 11.4. The summed E-state index contributed by atoms with van der Waals surface area (Å²) in [6, 6.07) is 4.82. The molecule has 1 fully saturated rings. The lowest BCUT2D eigenvalue weighted by Crippen LogP contribution is -2.53. The molecule has 0 saturated carbocycles. The molecule has 2 aliphatic rings. The van der Waals surface area contributed by atoms with Crippen LogP contribution in [0.25, 0.3) is 0 Å². The van der Waals surface area contributed by atoms with Gasteiger partial charge >= 0.3 is 0 Å². The second-order valence-electron chi connectivity index (χ2n) is 7.67. The Kier molecular flexibility index (Phi) is 4.54. The molecule has 1 unspecified atom stereocenters. The number of hydrogen-bond acceptors (Lipinski definition) is 3. The van der Waals surface area contributed by atoms with E-state index in [2.05, 4.69) is 58.6 Å². The van der Waals surface area contributed by atoms with Crippen molar-refractivity contribution in [2.24, 2.45) is 5.73 Å². The molecule has 4 heteroatoms. The summed E-state index contributed by atoms with van der Waals surface area (Å²) < 4.78 is 1.26. The smallest absolute Gasteiger partial charge is 0.0403 e. The second kappa shape index (κ2) is 6.14. The molecule has 1 atom stereocenters. The standard InChI is InChI=1S/C18H28BrN3/c1-18(2,3)22-10-8-21(9-11-22)17-7-6-16(19)14-5-4-13(20)12-15(14)17/h6-7,13H,4-5,8-12,20H2,1-3H3. The fraction of sp³-hybridized carbons (Fsp3) is 0.667. The SMILES string of the molecule is CC(C)(C)N1CCN(c2ccc(Br)c3c2CC(N)CC3)CC1. The molecule has 1 saturated heterocycles. The number of halogens is 1. The van der Waals surface area contributed by atoms with E-state index in [1.54, 1.807) is 0 Å². The molecule has 3 rings (SSSR count). The van der Waals surface area contributed by atoms with Crippen molar-refractivity contribution in [1.29, 1.82) is 0 Å². The van der Waals surface area contributed by atoms with Gasteiger partial charge in [0.2, 0.25) is 0 Å². The van der Waals surface area contributed by atoms with E-state index in [1.807, 2.05) is 0 Å². The molecule has 2 N–H and O–H groups in total. The van der Waals surface area contributed by atoms with Crippen molar-refractivity contribution in [3.8, 4) is 0 Å². The number of fused-ring (bicyclic) bond motifs is 1. The van der Waals surface area contributed by atoms with E-state index in [4.69, 9.17) is 5.73 Å². The van der Waals surface area contributed by atoms with Gasteiger partial charge in [-0.25, -0.2) is 0 Å². The molecule has 0 spiro atoms. The Bertz CT molecular complexity index is 542. The van der Waals surface area contributed by atoms with Crippen LogP contribution < -0.4 is 10.6 Å². The maximum Gasteiger partial charge on any atom is 0.0403 e. The average molecular weight is 366 g/mol. The second-order valence-corrected chi connectivity index (χ2v) is 8.53. The van der Waals surface area contributed by atoms with Gasteiger partial charge in [0.05, 0.1) is 0 Å². The van der Waals surface area contributed by atoms with E-state index in [-0.39, 0.29) is 5.54 Å². The summed E-state index contributed by atoms with van der Waals surface area (Å²) >= 11 is 3.73. The zero-order chi connectivity index (χ0) is 15.9. The van der Waals surface area contributed by atoms with E-state index in [9.17, 15) is 0 Å². The highest BCUT2D eigenvalue weighted by Crippen LogP contribution is 2.35. The van der Waals surface area contributed by atoms with Crippen molar-refractivity contribution >= 4 is 21.6 Å². The zero-order valence-corrected chi connectivity index (χ0v) is 15.6. The van der Waals surface area contributed by atoms with Crippen LogP contribution in [0.3, 0.4) is 0 Å². The molecule has 122 valence electrons. The summed E-state index contributed by atoms with van der Waals surface area (Å²) in [5, 5.41) is 0. The number of nitrogens with zero attached hydrogens (tertiary/aromatic N) is 2. The molecule has 0 aromatic heterocycles. The molecule has 0 bridgehead atoms. The molecule has 1 aromatic carbocycles. The summed E-state index contributed by atoms with van der Waals surface area (Å²) in [6.07, 6.45) is 3.23. The first-order chi connectivity index (χ1) is 10.4. The summed E-state index contributed by atoms with van der Waals surface area (Å²) in [5.41, 5.74) is 10.9. The van der Waals surface area contributed by atoms with Gasteiger partial charge < -0.3 is 10.6 Å². The normalized spacial score (nSPS) is 23.5. The Hall–Kier alpha value is -0.580. The number of anilines is 1. The number of nitrogens with two attached hydrogens (primary N) is 1. The first kappa shape index (κ1) is 16.3. The number of piperazine rings is 1. The van der Waals surface area contributed by atoms with Crippen LogP contribution in [0.1, 0.15) is 38.3 Å². The Balaban J connectivity index is 1.82. The fourth-order valence-corrected chi connectivity index (χ4v) is 4.33. The van der Waals surface area contributed by atoms with Crippen LogP contribution in [-0.4, -0.2) is 42.7 Å². The third kappa shape index (κ3) is 3.19. The van der Waals surface area contributed by atoms with Crippen molar-refractivity contribution < 1.29 is 0 Å². The van der Waals surface area contributed by atoms with Crippen molar-refractivity contribution in [1.82, 2.24) is 4.90 Å². The van der Waals surface area contributed by atoms with Crippen molar-refractivity contribution in [3.63, 3.8) is 0 Å². The summed E-state index contributed by atoms with van der Waals surface area (Å²) in [4.78, 5) is 5.14. The van der Waals surface area contributed by atoms with Crippen LogP contribution in [0.5, 0.6) is 0 Å². The van der Waals surface area contributed by atoms with Crippen LogP contribution in [0.4, 0.5) is 5.69 Å². The molecular formula is C18H28BrN3. The predicted octanol–water partition coefficient (Wildman–Crippen LogP) is 3.19. The predicted molar refractivity (Wildman–Crippen MR) is 97.7 cm³/mol. The van der Waals surface area contributed by atoms with Gasteiger partial charge in [0.1, 0.15) is 0 Å². The topological polar surface area (TPSA) is 32.5 Å². The molecule has 22 heavy (non-hydrogen) atoms. The summed E-state index contributed by atoms with van der Waals surface area (Å²) in [7, 11) is 0. The lowest BCUT2D eigenvalue weighted by Gasteiger charge is -2.44. The molecule has 0 radical (unpaired) electrons. The van der Waals surface area contributed by atoms with Gasteiger partial charge in [0.15, 0.2) is 0 Å². The lowest BCUT2D eigenvalue weighted by molar-refractivity contribution is 0.128. The van der Waals surface area contributed by atoms with Gasteiger partial charge in [0, 0.05) is 47.9 Å². The largest absolute Gasteiger partial charge is 0.369 e. The molecule has 1 aliphatic carbocycles. The lowest BCUT2D eigenvalue weighted by atomic mass is 9.87. The minimum Gasteiger partial charge on any atom is -0.369 e. The van der Waals surface area contributed by atoms with E-state index in [0.717, 1.165) is 45.4 Å². The number of hydrogen-bond donors (Lipinski definition) is 1. The Labute approximate surface area is 143 Å². The third-order valence-electron chi connectivity index (χ3n) is 5.15. The summed E-state index contributed by atoms with van der Waals surface area (Å²) in [5.74, 6) is 0. The van der Waals surface area contributed by atoms with Gasteiger partial charge in [-0.05, 0) is 63.3 Å². The van der Waals surface area contributed by atoms with Crippen molar-refractivity contribution in [3.05, 3.63) is 27.7 Å². The van der Waals surface area contributed by atoms with Gasteiger partial charge in [-0.15, -0.1) is 0 Å². The van der Waals surface area contributed by atoms with Gasteiger partial charge in [-0.1, -0.05) is 15.9 Å². The Morgan fingerprint density at radius 2 is 1.77 bits per heavy atom. The van der Waals surface area contributed by atoms with Crippen LogP contribution >= 0.6 is 15.9 Å². The van der Waals surface area contributed by atoms with E-state index >= 15 is 0 Å². The van der Waals surface area contributed by atoms with Gasteiger partial charge in [0.25, 0.3) is 0 Å². The highest BCUT2D eigenvalue weighted by molar-refractivity contribution is 9.10. The van der Waals surface area contributed by atoms with Crippen LogP contribution in [0, 0.1) is 0 Å². The van der Waals surface area contributed by atoms with E-state index < -0.39 is 0 Å². The quantitative estimate of drug-likeness (QED) is 0.829. The minimum atomic E-state index is 0.271. The molecule has 1 aliphatic heterocycles. The third-order valence-corrected chi connectivity index (χ3v) is 5.89. The van der Waals surface area contributed by atoms with Gasteiger partial charge in [-0.2, -0.15) is 0 Å². The number of benzene rings is 1. The zero-order valence-electron chi connectivity index (χ0n) is 14.0. The molecule has 1 aromatic rings. The monoisotopic (exact) mass is 365 g/mol. The molecule has 3 nitrogen and oxygen atoms in total. The highest BCUT2D eigenvalue weighted by Gasteiger charge is 2.28. The Morgan fingerprint density at radius 1 is 1.09 bits per heavy atom. The highest BCUT2D eigenvalue weighted by atomic mass is 79.9. The fourth-order valence-electron chi connectivity index (χ4n) is 3.76. The molecular weight excluding hydrogens is 338 g/mol. The number of rotatable bonds is 1. The van der Waals surface area contributed by atoms with E-state index in [0.29, 0.717) is 6.04 Å². The average Bonchev–Trinajstić information content (AvgIpc) is 2.47. The first-order valence-corrected chi connectivity index (χ1v) is 9.21. The van der Waals surface area contributed by atoms with E-state index in [1.165, 1.54) is 21.3 Å². The van der Waals surface area contributed by atoms with Crippen LogP contribution in [0.15, 0.2) is 16.6 Å². The van der Waals surface area contributed by atoms with Crippen molar-refractivity contribution in [2.75, 3.05) is 31.1 Å². The molecule has 1 heterocycles. The van der Waals surface area contributed by atoms with Crippen LogP contribution in [0.2, 0.25) is 0 Å². The minimum absolute atomic E-state index is 0.271. The first-order valence-electron chi connectivity index (χ1n) is 8.42. The maximum absolute atomic E-state index is 6.24.